The van der Waals surface area contributed by atoms with Crippen LogP contribution in [0.15, 0.2) is 0 Å². The van der Waals surface area contributed by atoms with Gasteiger partial charge in [-0.15, -0.1) is 0 Å². The standard InChI is InChI=1S/C14H30N2O/c1-3-5-6-12(4-2)9-14(16-15)10-13-7-8-17-11-13/h12-14,16H,3-11,15H2,1-2H3. The minimum Gasteiger partial charge on any atom is -0.381 e. The Hall–Kier alpha value is -0.120. The molecule has 0 amide bonds. The number of unbranched alkanes of at least 4 members (excludes halogenated alkanes) is 1. The van der Waals surface area contributed by atoms with E-state index in [4.69, 9.17) is 10.6 Å². The molecule has 1 aliphatic heterocycles. The fraction of sp³-hybridized carbons (Fsp3) is 1.00. The zero-order chi connectivity index (χ0) is 12.5. The predicted octanol–water partition coefficient (Wildman–Crippen LogP) is 2.85. The van der Waals surface area contributed by atoms with E-state index >= 15 is 0 Å². The first-order valence-electron chi connectivity index (χ1n) is 7.33. The molecule has 3 unspecified atom stereocenters. The number of nitrogens with one attached hydrogen (secondary N) is 1. The van der Waals surface area contributed by atoms with Crippen LogP contribution in [0.3, 0.4) is 0 Å². The molecule has 1 rings (SSSR count). The Morgan fingerprint density at radius 3 is 2.76 bits per heavy atom. The van der Waals surface area contributed by atoms with Crippen LogP contribution in [0.2, 0.25) is 0 Å². The molecule has 0 aliphatic carbocycles. The Morgan fingerprint density at radius 2 is 2.24 bits per heavy atom. The van der Waals surface area contributed by atoms with Crippen molar-refractivity contribution in [1.29, 1.82) is 0 Å². The van der Waals surface area contributed by atoms with E-state index in [2.05, 4.69) is 19.3 Å². The summed E-state index contributed by atoms with van der Waals surface area (Å²) in [5.41, 5.74) is 3.01. The van der Waals surface area contributed by atoms with Crippen molar-refractivity contribution in [1.82, 2.24) is 5.43 Å². The monoisotopic (exact) mass is 242 g/mol. The zero-order valence-electron chi connectivity index (χ0n) is 11.6. The van der Waals surface area contributed by atoms with E-state index in [9.17, 15) is 0 Å². The second kappa shape index (κ2) is 8.90. The Morgan fingerprint density at radius 1 is 1.41 bits per heavy atom. The number of ether oxygens (including phenoxy) is 1. The lowest BCUT2D eigenvalue weighted by molar-refractivity contribution is 0.179. The normalized spacial score (nSPS) is 23.8. The number of nitrogens with two attached hydrogens (primary N) is 1. The Labute approximate surface area is 106 Å². The third-order valence-corrected chi connectivity index (χ3v) is 4.04. The van der Waals surface area contributed by atoms with E-state index in [1.807, 2.05) is 0 Å². The Bertz CT molecular complexity index is 181. The van der Waals surface area contributed by atoms with Crippen LogP contribution in [0.5, 0.6) is 0 Å². The topological polar surface area (TPSA) is 47.3 Å². The molecular formula is C14H30N2O. The molecule has 0 aromatic rings. The van der Waals surface area contributed by atoms with Crippen molar-refractivity contribution in [3.05, 3.63) is 0 Å². The van der Waals surface area contributed by atoms with Crippen molar-refractivity contribution >= 4 is 0 Å². The molecule has 0 bridgehead atoms. The van der Waals surface area contributed by atoms with Crippen molar-refractivity contribution in [2.45, 2.75) is 64.8 Å². The molecule has 3 atom stereocenters. The molecule has 0 spiro atoms. The maximum atomic E-state index is 5.69. The molecule has 0 aromatic carbocycles. The second-order valence-electron chi connectivity index (χ2n) is 5.48. The first kappa shape index (κ1) is 14.9. The van der Waals surface area contributed by atoms with Gasteiger partial charge in [0.15, 0.2) is 0 Å². The summed E-state index contributed by atoms with van der Waals surface area (Å²) in [4.78, 5) is 0. The van der Waals surface area contributed by atoms with Gasteiger partial charge in [-0.1, -0.05) is 39.5 Å². The van der Waals surface area contributed by atoms with Gasteiger partial charge in [-0.25, -0.2) is 0 Å². The molecule has 1 saturated heterocycles. The quantitative estimate of drug-likeness (QED) is 0.483. The summed E-state index contributed by atoms with van der Waals surface area (Å²) >= 11 is 0. The maximum Gasteiger partial charge on any atom is 0.0495 e. The number of hydrogen-bond donors (Lipinski definition) is 2. The highest BCUT2D eigenvalue weighted by molar-refractivity contribution is 4.75. The van der Waals surface area contributed by atoms with Crippen LogP contribution in [0.25, 0.3) is 0 Å². The molecule has 0 aromatic heterocycles. The van der Waals surface area contributed by atoms with Crippen molar-refractivity contribution in [3.63, 3.8) is 0 Å². The SMILES string of the molecule is CCCCC(CC)CC(CC1CCOC1)NN. The van der Waals surface area contributed by atoms with Gasteiger partial charge < -0.3 is 4.74 Å². The maximum absolute atomic E-state index is 5.69. The number of rotatable bonds is 9. The lowest BCUT2D eigenvalue weighted by atomic mass is 9.88. The summed E-state index contributed by atoms with van der Waals surface area (Å²) in [5, 5.41) is 0. The van der Waals surface area contributed by atoms with Gasteiger partial charge in [0.05, 0.1) is 0 Å². The fourth-order valence-electron chi connectivity index (χ4n) is 2.79. The van der Waals surface area contributed by atoms with Gasteiger partial charge in [0.25, 0.3) is 0 Å². The Kier molecular flexibility index (Phi) is 7.82. The molecule has 0 saturated carbocycles. The molecular weight excluding hydrogens is 212 g/mol. The van der Waals surface area contributed by atoms with Crippen LogP contribution in [0.1, 0.15) is 58.8 Å². The van der Waals surface area contributed by atoms with E-state index < -0.39 is 0 Å². The summed E-state index contributed by atoms with van der Waals surface area (Å²) < 4.78 is 5.43. The predicted molar refractivity (Wildman–Crippen MR) is 72.6 cm³/mol. The average Bonchev–Trinajstić information content (AvgIpc) is 2.85. The van der Waals surface area contributed by atoms with Gasteiger partial charge in [-0.3, -0.25) is 11.3 Å². The highest BCUT2D eigenvalue weighted by Gasteiger charge is 2.22. The van der Waals surface area contributed by atoms with Crippen LogP contribution in [-0.2, 0) is 4.74 Å². The van der Waals surface area contributed by atoms with Gasteiger partial charge in [-0.05, 0) is 31.1 Å². The van der Waals surface area contributed by atoms with Crippen LogP contribution < -0.4 is 11.3 Å². The molecule has 3 heteroatoms. The van der Waals surface area contributed by atoms with E-state index in [1.165, 1.54) is 44.9 Å². The zero-order valence-corrected chi connectivity index (χ0v) is 11.6. The number of hydrogen-bond acceptors (Lipinski definition) is 3. The van der Waals surface area contributed by atoms with Crippen LogP contribution >= 0.6 is 0 Å². The van der Waals surface area contributed by atoms with Gasteiger partial charge in [0, 0.05) is 19.3 Å². The highest BCUT2D eigenvalue weighted by Crippen LogP contribution is 2.24. The highest BCUT2D eigenvalue weighted by atomic mass is 16.5. The van der Waals surface area contributed by atoms with Crippen molar-refractivity contribution < 1.29 is 4.74 Å². The number of hydrazine groups is 1. The fourth-order valence-corrected chi connectivity index (χ4v) is 2.79. The summed E-state index contributed by atoms with van der Waals surface area (Å²) in [5.74, 6) is 7.25. The van der Waals surface area contributed by atoms with E-state index in [0.29, 0.717) is 6.04 Å². The molecule has 0 radical (unpaired) electrons. The third kappa shape index (κ3) is 5.84. The minimum absolute atomic E-state index is 0.475. The van der Waals surface area contributed by atoms with Crippen molar-refractivity contribution in [3.8, 4) is 0 Å². The van der Waals surface area contributed by atoms with Gasteiger partial charge in [-0.2, -0.15) is 0 Å². The van der Waals surface area contributed by atoms with E-state index in [1.54, 1.807) is 0 Å². The lowest BCUT2D eigenvalue weighted by Crippen LogP contribution is -2.38. The molecule has 102 valence electrons. The van der Waals surface area contributed by atoms with E-state index in [-0.39, 0.29) is 0 Å². The van der Waals surface area contributed by atoms with Gasteiger partial charge in [0.1, 0.15) is 0 Å². The van der Waals surface area contributed by atoms with Gasteiger partial charge in [0.2, 0.25) is 0 Å². The lowest BCUT2D eigenvalue weighted by Gasteiger charge is -2.24. The summed E-state index contributed by atoms with van der Waals surface area (Å²) in [6.45, 7) is 6.44. The molecule has 1 aliphatic rings. The Balaban J connectivity index is 2.27. The molecule has 1 fully saturated rings. The van der Waals surface area contributed by atoms with Gasteiger partial charge >= 0.3 is 0 Å². The van der Waals surface area contributed by atoms with Crippen molar-refractivity contribution in [2.75, 3.05) is 13.2 Å². The molecule has 17 heavy (non-hydrogen) atoms. The average molecular weight is 242 g/mol. The molecule has 3 nitrogen and oxygen atoms in total. The van der Waals surface area contributed by atoms with Crippen LogP contribution in [0, 0.1) is 11.8 Å². The first-order chi connectivity index (χ1) is 8.30. The summed E-state index contributed by atoms with van der Waals surface area (Å²) in [6, 6.07) is 0.475. The third-order valence-electron chi connectivity index (χ3n) is 4.04. The summed E-state index contributed by atoms with van der Waals surface area (Å²) in [7, 11) is 0. The summed E-state index contributed by atoms with van der Waals surface area (Å²) in [6.07, 6.45) is 8.90. The van der Waals surface area contributed by atoms with Crippen LogP contribution in [-0.4, -0.2) is 19.3 Å². The smallest absolute Gasteiger partial charge is 0.0495 e. The van der Waals surface area contributed by atoms with Crippen LogP contribution in [0.4, 0.5) is 0 Å². The second-order valence-corrected chi connectivity index (χ2v) is 5.48. The largest absolute Gasteiger partial charge is 0.381 e. The van der Waals surface area contributed by atoms with E-state index in [0.717, 1.165) is 25.0 Å². The molecule has 1 heterocycles. The first-order valence-corrected chi connectivity index (χ1v) is 7.33. The minimum atomic E-state index is 0.475. The van der Waals surface area contributed by atoms with Crippen molar-refractivity contribution in [2.24, 2.45) is 17.7 Å². The molecule has 3 N–H and O–H groups in total.